The molecule has 0 saturated carbocycles. The molecule has 3 nitrogen and oxygen atoms in total. The molecule has 1 N–H and O–H groups in total. The van der Waals surface area contributed by atoms with Crippen LogP contribution in [0.4, 0.5) is 4.39 Å². The summed E-state index contributed by atoms with van der Waals surface area (Å²) in [6.45, 7) is 7.52. The smallest absolute Gasteiger partial charge is 0.400 e. The van der Waals surface area contributed by atoms with Crippen molar-refractivity contribution in [3.05, 3.63) is 40.1 Å². The van der Waals surface area contributed by atoms with Gasteiger partial charge in [-0.05, 0) is 50.9 Å². The first-order valence-corrected chi connectivity index (χ1v) is 7.16. The molecule has 1 aromatic carbocycles. The van der Waals surface area contributed by atoms with Crippen LogP contribution in [0.1, 0.15) is 33.3 Å². The maximum atomic E-state index is 13.1. The third kappa shape index (κ3) is 3.32. The number of aliphatic hydroxyl groups excluding tert-OH is 1. The first-order valence-electron chi connectivity index (χ1n) is 6.78. The third-order valence-corrected chi connectivity index (χ3v) is 4.37. The summed E-state index contributed by atoms with van der Waals surface area (Å²) in [7, 11) is -0.652. The van der Waals surface area contributed by atoms with E-state index in [0.717, 1.165) is 0 Å². The van der Waals surface area contributed by atoms with Crippen LogP contribution in [0.2, 0.25) is 5.02 Å². The molecule has 1 aliphatic heterocycles. The second kappa shape index (κ2) is 5.73. The molecule has 0 bridgehead atoms. The van der Waals surface area contributed by atoms with E-state index in [1.165, 1.54) is 12.1 Å². The molecule has 114 valence electrons. The Bertz CT molecular complexity index is 556. The Hall–Kier alpha value is -0.875. The van der Waals surface area contributed by atoms with E-state index in [1.807, 2.05) is 27.7 Å². The SMILES string of the molecule is CC1(C)OB(C(=Cc2ccc(F)cc2Cl)CO)OC1(C)C. The lowest BCUT2D eigenvalue weighted by molar-refractivity contribution is 0.00578. The fourth-order valence-electron chi connectivity index (χ4n) is 2.00. The van der Waals surface area contributed by atoms with Crippen LogP contribution in [0.3, 0.4) is 0 Å². The minimum atomic E-state index is -0.652. The maximum Gasteiger partial charge on any atom is 0.492 e. The topological polar surface area (TPSA) is 38.7 Å². The molecule has 0 atom stereocenters. The summed E-state index contributed by atoms with van der Waals surface area (Å²) < 4.78 is 24.8. The molecule has 2 rings (SSSR count). The molecular weight excluding hydrogens is 293 g/mol. The molecule has 0 radical (unpaired) electrons. The van der Waals surface area contributed by atoms with Gasteiger partial charge in [0, 0.05) is 0 Å². The molecule has 6 heteroatoms. The van der Waals surface area contributed by atoms with E-state index in [4.69, 9.17) is 20.9 Å². The van der Waals surface area contributed by atoms with E-state index in [9.17, 15) is 9.50 Å². The lowest BCUT2D eigenvalue weighted by Gasteiger charge is -2.32. The first kappa shape index (κ1) is 16.5. The Kier molecular flexibility index (Phi) is 4.50. The highest BCUT2D eigenvalue weighted by Gasteiger charge is 2.52. The van der Waals surface area contributed by atoms with Crippen molar-refractivity contribution in [2.75, 3.05) is 6.61 Å². The van der Waals surface area contributed by atoms with Gasteiger partial charge in [-0.15, -0.1) is 0 Å². The van der Waals surface area contributed by atoms with Crippen LogP contribution >= 0.6 is 11.6 Å². The van der Waals surface area contributed by atoms with E-state index in [2.05, 4.69) is 0 Å². The summed E-state index contributed by atoms with van der Waals surface area (Å²) in [5.74, 6) is -0.404. The number of halogens is 2. The number of rotatable bonds is 3. The highest BCUT2D eigenvalue weighted by atomic mass is 35.5. The molecule has 1 fully saturated rings. The molecule has 0 unspecified atom stereocenters. The van der Waals surface area contributed by atoms with Crippen LogP contribution in [-0.4, -0.2) is 30.0 Å². The molecule has 0 aliphatic carbocycles. The second-order valence-corrected chi connectivity index (χ2v) is 6.54. The Morgan fingerprint density at radius 1 is 1.29 bits per heavy atom. The van der Waals surface area contributed by atoms with Gasteiger partial charge in [-0.25, -0.2) is 4.39 Å². The Labute approximate surface area is 129 Å². The highest BCUT2D eigenvalue weighted by Crippen LogP contribution is 2.38. The van der Waals surface area contributed by atoms with Gasteiger partial charge in [0.15, 0.2) is 0 Å². The molecule has 1 heterocycles. The minimum Gasteiger partial charge on any atom is -0.400 e. The largest absolute Gasteiger partial charge is 0.492 e. The van der Waals surface area contributed by atoms with Gasteiger partial charge in [-0.1, -0.05) is 23.7 Å². The van der Waals surface area contributed by atoms with Crippen molar-refractivity contribution in [1.29, 1.82) is 0 Å². The summed E-state index contributed by atoms with van der Waals surface area (Å²) >= 11 is 6.00. The average molecular weight is 313 g/mol. The van der Waals surface area contributed by atoms with Gasteiger partial charge < -0.3 is 14.4 Å². The van der Waals surface area contributed by atoms with Gasteiger partial charge in [-0.2, -0.15) is 0 Å². The number of benzene rings is 1. The van der Waals surface area contributed by atoms with Gasteiger partial charge in [0.05, 0.1) is 22.8 Å². The molecule has 1 saturated heterocycles. The summed E-state index contributed by atoms with van der Waals surface area (Å²) in [4.78, 5) is 0. The van der Waals surface area contributed by atoms with Crippen LogP contribution in [0.25, 0.3) is 6.08 Å². The normalized spacial score (nSPS) is 20.9. The van der Waals surface area contributed by atoms with Gasteiger partial charge in [0.25, 0.3) is 0 Å². The fourth-order valence-corrected chi connectivity index (χ4v) is 2.22. The number of hydrogen-bond acceptors (Lipinski definition) is 3. The Morgan fingerprint density at radius 3 is 2.33 bits per heavy atom. The lowest BCUT2D eigenvalue weighted by Crippen LogP contribution is -2.41. The standard InChI is InChI=1S/C15H19BClFO3/c1-14(2)15(3,4)21-16(20-14)11(9-19)7-10-5-6-12(18)8-13(10)17/h5-8,19H,9H2,1-4H3. The molecule has 0 spiro atoms. The quantitative estimate of drug-likeness (QED) is 0.868. The van der Waals surface area contributed by atoms with Crippen LogP contribution in [-0.2, 0) is 9.31 Å². The Balaban J connectivity index is 2.31. The van der Waals surface area contributed by atoms with Crippen LogP contribution in [0.15, 0.2) is 23.7 Å². The van der Waals surface area contributed by atoms with E-state index in [1.54, 1.807) is 12.1 Å². The summed E-state index contributed by atoms with van der Waals surface area (Å²) in [5.41, 5.74) is 0.177. The second-order valence-electron chi connectivity index (χ2n) is 6.13. The predicted molar refractivity (Wildman–Crippen MR) is 82.6 cm³/mol. The van der Waals surface area contributed by atoms with Gasteiger partial charge >= 0.3 is 7.12 Å². The predicted octanol–water partition coefficient (Wildman–Crippen LogP) is 3.49. The zero-order chi connectivity index (χ0) is 15.8. The van der Waals surface area contributed by atoms with Crippen molar-refractivity contribution in [1.82, 2.24) is 0 Å². The van der Waals surface area contributed by atoms with Crippen molar-refractivity contribution in [3.8, 4) is 0 Å². The monoisotopic (exact) mass is 312 g/mol. The first-order chi connectivity index (χ1) is 9.66. The Morgan fingerprint density at radius 2 is 1.86 bits per heavy atom. The minimum absolute atomic E-state index is 0.232. The fraction of sp³-hybridized carbons (Fsp3) is 0.467. The zero-order valence-electron chi connectivity index (χ0n) is 12.6. The van der Waals surface area contributed by atoms with Gasteiger partial charge in [-0.3, -0.25) is 0 Å². The molecular formula is C15H19BClFO3. The molecule has 0 aromatic heterocycles. The molecule has 1 aromatic rings. The number of aliphatic hydroxyl groups is 1. The van der Waals surface area contributed by atoms with Gasteiger partial charge in [0.2, 0.25) is 0 Å². The van der Waals surface area contributed by atoms with Crippen molar-refractivity contribution >= 4 is 24.8 Å². The summed E-state index contributed by atoms with van der Waals surface area (Å²) in [5, 5.41) is 9.86. The summed E-state index contributed by atoms with van der Waals surface area (Å²) in [6.07, 6.45) is 1.67. The maximum absolute atomic E-state index is 13.1. The van der Waals surface area contributed by atoms with Crippen molar-refractivity contribution in [3.63, 3.8) is 0 Å². The highest BCUT2D eigenvalue weighted by molar-refractivity contribution is 6.56. The van der Waals surface area contributed by atoms with Crippen LogP contribution in [0, 0.1) is 5.82 Å². The van der Waals surface area contributed by atoms with Crippen LogP contribution in [0.5, 0.6) is 0 Å². The van der Waals surface area contributed by atoms with E-state index < -0.39 is 24.1 Å². The van der Waals surface area contributed by atoms with E-state index in [0.29, 0.717) is 11.0 Å². The lowest BCUT2D eigenvalue weighted by atomic mass is 9.77. The van der Waals surface area contributed by atoms with Crippen molar-refractivity contribution in [2.24, 2.45) is 0 Å². The van der Waals surface area contributed by atoms with Crippen molar-refractivity contribution < 1.29 is 18.8 Å². The van der Waals surface area contributed by atoms with E-state index in [-0.39, 0.29) is 11.6 Å². The van der Waals surface area contributed by atoms with Gasteiger partial charge in [0.1, 0.15) is 5.82 Å². The van der Waals surface area contributed by atoms with Crippen LogP contribution < -0.4 is 0 Å². The summed E-state index contributed by atoms with van der Waals surface area (Å²) in [6, 6.07) is 4.10. The molecule has 21 heavy (non-hydrogen) atoms. The average Bonchev–Trinajstić information content (AvgIpc) is 2.57. The van der Waals surface area contributed by atoms with E-state index >= 15 is 0 Å². The number of hydrogen-bond donors (Lipinski definition) is 1. The zero-order valence-corrected chi connectivity index (χ0v) is 13.4. The third-order valence-electron chi connectivity index (χ3n) is 4.04. The van der Waals surface area contributed by atoms with Crippen molar-refractivity contribution in [2.45, 2.75) is 38.9 Å². The molecule has 1 aliphatic rings. The molecule has 0 amide bonds.